The molecule has 0 radical (unpaired) electrons. The van der Waals surface area contributed by atoms with Crippen LogP contribution in [-0.2, 0) is 16.0 Å². The zero-order valence-corrected chi connectivity index (χ0v) is 12.0. The molecule has 0 aliphatic heterocycles. The lowest BCUT2D eigenvalue weighted by Crippen LogP contribution is -2.41. The van der Waals surface area contributed by atoms with Gasteiger partial charge in [0.15, 0.2) is 0 Å². The van der Waals surface area contributed by atoms with E-state index in [9.17, 15) is 14.4 Å². The first kappa shape index (κ1) is 16.8. The van der Waals surface area contributed by atoms with Crippen LogP contribution in [0.3, 0.4) is 0 Å². The first-order valence-corrected chi connectivity index (χ1v) is 6.54. The van der Waals surface area contributed by atoms with E-state index in [0.29, 0.717) is 17.1 Å². The van der Waals surface area contributed by atoms with Crippen molar-refractivity contribution >= 4 is 11.9 Å². The van der Waals surface area contributed by atoms with Gasteiger partial charge in [0.1, 0.15) is 11.9 Å². The number of aliphatic hydroxyl groups is 1. The molecule has 0 spiro atoms. The molecule has 1 aromatic heterocycles. The number of carboxylic acid groups (broad SMARTS) is 1. The van der Waals surface area contributed by atoms with Crippen LogP contribution in [0.1, 0.15) is 29.9 Å². The van der Waals surface area contributed by atoms with Gasteiger partial charge in [0, 0.05) is 30.7 Å². The summed E-state index contributed by atoms with van der Waals surface area (Å²) in [5.41, 5.74) is 0.664. The highest BCUT2D eigenvalue weighted by Gasteiger charge is 2.19. The smallest absolute Gasteiger partial charge is 0.326 e. The van der Waals surface area contributed by atoms with Crippen LogP contribution in [0.25, 0.3) is 0 Å². The van der Waals surface area contributed by atoms with Crippen molar-refractivity contribution in [1.82, 2.24) is 15.3 Å². The highest BCUT2D eigenvalue weighted by molar-refractivity contribution is 5.83. The second-order valence-corrected chi connectivity index (χ2v) is 4.69. The lowest BCUT2D eigenvalue weighted by Gasteiger charge is -2.13. The molecule has 0 bridgehead atoms. The van der Waals surface area contributed by atoms with Gasteiger partial charge in [0.2, 0.25) is 5.91 Å². The fraction of sp³-hybridized carbons (Fsp3) is 0.538. The van der Waals surface area contributed by atoms with Crippen LogP contribution >= 0.6 is 0 Å². The number of nitrogens with one attached hydrogen (secondary N) is 2. The molecule has 1 rings (SSSR count). The summed E-state index contributed by atoms with van der Waals surface area (Å²) in [7, 11) is 0. The Bertz CT molecular complexity index is 582. The SMILES string of the molecule is Cc1nc(C)c(CCC(=O)N[C@H](CCO)C(=O)O)c(=O)[nH]1. The van der Waals surface area contributed by atoms with Crippen molar-refractivity contribution < 1.29 is 19.8 Å². The molecule has 0 aliphatic rings. The molecule has 0 saturated carbocycles. The lowest BCUT2D eigenvalue weighted by molar-refractivity contribution is -0.142. The minimum absolute atomic E-state index is 0.0239. The van der Waals surface area contributed by atoms with Crippen molar-refractivity contribution in [2.45, 2.75) is 39.2 Å². The molecule has 8 nitrogen and oxygen atoms in total. The number of aryl methyl sites for hydroxylation is 2. The number of aliphatic carboxylic acids is 1. The predicted octanol–water partition coefficient (Wildman–Crippen LogP) is -0.729. The van der Waals surface area contributed by atoms with Gasteiger partial charge in [-0.3, -0.25) is 9.59 Å². The van der Waals surface area contributed by atoms with Gasteiger partial charge in [-0.05, 0) is 20.3 Å². The lowest BCUT2D eigenvalue weighted by atomic mass is 10.1. The van der Waals surface area contributed by atoms with Gasteiger partial charge >= 0.3 is 5.97 Å². The second kappa shape index (κ2) is 7.53. The highest BCUT2D eigenvalue weighted by atomic mass is 16.4. The Morgan fingerprint density at radius 3 is 2.57 bits per heavy atom. The summed E-state index contributed by atoms with van der Waals surface area (Å²) >= 11 is 0. The van der Waals surface area contributed by atoms with E-state index in [1.165, 1.54) is 0 Å². The third-order valence-corrected chi connectivity index (χ3v) is 2.99. The number of aromatic nitrogens is 2. The normalized spacial score (nSPS) is 12.0. The third kappa shape index (κ3) is 4.99. The summed E-state index contributed by atoms with van der Waals surface area (Å²) < 4.78 is 0. The van der Waals surface area contributed by atoms with Gasteiger partial charge in [0.05, 0.1) is 0 Å². The zero-order chi connectivity index (χ0) is 16.0. The summed E-state index contributed by atoms with van der Waals surface area (Å²) in [6.07, 6.45) is 0.0857. The van der Waals surface area contributed by atoms with E-state index in [4.69, 9.17) is 10.2 Å². The van der Waals surface area contributed by atoms with Gasteiger partial charge in [-0.2, -0.15) is 0 Å². The monoisotopic (exact) mass is 297 g/mol. The number of rotatable bonds is 7. The Morgan fingerprint density at radius 2 is 2.05 bits per heavy atom. The van der Waals surface area contributed by atoms with Crippen molar-refractivity contribution in [3.8, 4) is 0 Å². The molecule has 4 N–H and O–H groups in total. The van der Waals surface area contributed by atoms with Crippen LogP contribution in [0.15, 0.2) is 4.79 Å². The van der Waals surface area contributed by atoms with E-state index in [0.717, 1.165) is 0 Å². The van der Waals surface area contributed by atoms with E-state index >= 15 is 0 Å². The highest BCUT2D eigenvalue weighted by Crippen LogP contribution is 2.03. The molecule has 8 heteroatoms. The van der Waals surface area contributed by atoms with Gasteiger partial charge in [-0.1, -0.05) is 0 Å². The van der Waals surface area contributed by atoms with E-state index in [2.05, 4.69) is 15.3 Å². The summed E-state index contributed by atoms with van der Waals surface area (Å²) in [5, 5.41) is 19.9. The number of hydrogen-bond acceptors (Lipinski definition) is 5. The van der Waals surface area contributed by atoms with Crippen LogP contribution < -0.4 is 10.9 Å². The van der Waals surface area contributed by atoms with Crippen LogP contribution in [0.5, 0.6) is 0 Å². The summed E-state index contributed by atoms with van der Waals surface area (Å²) in [5.74, 6) is -1.20. The van der Waals surface area contributed by atoms with E-state index in [-0.39, 0.29) is 31.4 Å². The maximum atomic E-state index is 11.8. The van der Waals surface area contributed by atoms with Gasteiger partial charge in [0.25, 0.3) is 5.56 Å². The molecule has 0 saturated heterocycles. The Balaban J connectivity index is 2.65. The number of carbonyl (C=O) groups excluding carboxylic acids is 1. The maximum Gasteiger partial charge on any atom is 0.326 e. The van der Waals surface area contributed by atoms with E-state index in [1.807, 2.05) is 0 Å². The Kier molecular flexibility index (Phi) is 6.04. The minimum Gasteiger partial charge on any atom is -0.480 e. The third-order valence-electron chi connectivity index (χ3n) is 2.99. The van der Waals surface area contributed by atoms with Gasteiger partial charge in [-0.15, -0.1) is 0 Å². The molecule has 116 valence electrons. The number of H-pyrrole nitrogens is 1. The van der Waals surface area contributed by atoms with Crippen molar-refractivity contribution in [1.29, 1.82) is 0 Å². The number of carboxylic acids is 1. The summed E-state index contributed by atoms with van der Waals surface area (Å²) in [6.45, 7) is 3.01. The molecule has 0 aliphatic carbocycles. The quantitative estimate of drug-likeness (QED) is 0.524. The molecule has 1 amide bonds. The standard InChI is InChI=1S/C13H19N3O5/c1-7-9(12(19)15-8(2)14-7)3-4-11(18)16-10(5-6-17)13(20)21/h10,17H,3-6H2,1-2H3,(H,16,18)(H,20,21)(H,14,15,19)/t10-/m1/s1. The van der Waals surface area contributed by atoms with E-state index in [1.54, 1.807) is 13.8 Å². The molecule has 1 atom stereocenters. The number of nitrogens with zero attached hydrogens (tertiary/aromatic N) is 1. The van der Waals surface area contributed by atoms with Gasteiger partial charge in [-0.25, -0.2) is 9.78 Å². The van der Waals surface area contributed by atoms with E-state index < -0.39 is 17.9 Å². The maximum absolute atomic E-state index is 11.8. The van der Waals surface area contributed by atoms with Crippen LogP contribution in [0, 0.1) is 13.8 Å². The number of aromatic amines is 1. The van der Waals surface area contributed by atoms with Crippen LogP contribution in [-0.4, -0.2) is 44.7 Å². The number of hydrogen-bond donors (Lipinski definition) is 4. The molecular weight excluding hydrogens is 278 g/mol. The molecular formula is C13H19N3O5. The van der Waals surface area contributed by atoms with Gasteiger partial charge < -0.3 is 20.5 Å². The number of carbonyl (C=O) groups is 2. The average Bonchev–Trinajstić information content (AvgIpc) is 2.36. The fourth-order valence-corrected chi connectivity index (χ4v) is 1.94. The average molecular weight is 297 g/mol. The molecule has 1 aromatic rings. The zero-order valence-electron chi connectivity index (χ0n) is 12.0. The van der Waals surface area contributed by atoms with Crippen molar-refractivity contribution in [3.63, 3.8) is 0 Å². The van der Waals surface area contributed by atoms with Crippen LogP contribution in [0.2, 0.25) is 0 Å². The Hall–Kier alpha value is -2.22. The fourth-order valence-electron chi connectivity index (χ4n) is 1.94. The number of aliphatic hydroxyl groups excluding tert-OH is 1. The Labute approximate surface area is 121 Å². The van der Waals surface area contributed by atoms with Crippen molar-refractivity contribution in [3.05, 3.63) is 27.4 Å². The van der Waals surface area contributed by atoms with Crippen molar-refractivity contribution in [2.75, 3.05) is 6.61 Å². The largest absolute Gasteiger partial charge is 0.480 e. The first-order valence-electron chi connectivity index (χ1n) is 6.54. The molecule has 0 unspecified atom stereocenters. The molecule has 1 heterocycles. The first-order chi connectivity index (χ1) is 9.85. The summed E-state index contributed by atoms with van der Waals surface area (Å²) in [6, 6.07) is -1.13. The molecule has 21 heavy (non-hydrogen) atoms. The molecule has 0 fully saturated rings. The minimum atomic E-state index is -1.21. The van der Waals surface area contributed by atoms with Crippen molar-refractivity contribution in [2.24, 2.45) is 0 Å². The Morgan fingerprint density at radius 1 is 1.38 bits per heavy atom. The second-order valence-electron chi connectivity index (χ2n) is 4.69. The number of amides is 1. The summed E-state index contributed by atoms with van der Waals surface area (Å²) in [4.78, 5) is 41.0. The van der Waals surface area contributed by atoms with Crippen LogP contribution in [0.4, 0.5) is 0 Å². The molecule has 0 aromatic carbocycles. The topological polar surface area (TPSA) is 132 Å². The predicted molar refractivity (Wildman–Crippen MR) is 73.9 cm³/mol.